The molecule has 0 aliphatic heterocycles. The number of nitrogens with one attached hydrogen (secondary N) is 1. The van der Waals surface area contributed by atoms with Crippen LogP contribution in [0.4, 0.5) is 0 Å². The molecule has 0 saturated heterocycles. The van der Waals surface area contributed by atoms with Crippen molar-refractivity contribution in [3.05, 3.63) is 33.8 Å². The van der Waals surface area contributed by atoms with Gasteiger partial charge in [0.25, 0.3) is 5.91 Å². The van der Waals surface area contributed by atoms with Gasteiger partial charge in [0.05, 0.1) is 12.1 Å². The van der Waals surface area contributed by atoms with Gasteiger partial charge in [-0.1, -0.05) is 30.1 Å². The summed E-state index contributed by atoms with van der Waals surface area (Å²) < 4.78 is 0. The van der Waals surface area contributed by atoms with Crippen molar-refractivity contribution >= 4 is 29.1 Å². The topological polar surface area (TPSA) is 69.6 Å². The zero-order chi connectivity index (χ0) is 14.6. The van der Waals surface area contributed by atoms with Crippen LogP contribution < -0.4 is 5.32 Å². The molecule has 1 rings (SSSR count). The smallest absolute Gasteiger partial charge is 0.253 e. The minimum Gasteiger partial charge on any atom is -0.394 e. The summed E-state index contributed by atoms with van der Waals surface area (Å²) in [6.07, 6.45) is -0.841. The van der Waals surface area contributed by atoms with Crippen LogP contribution in [-0.4, -0.2) is 28.3 Å². The normalized spacial score (nSPS) is 15.7. The summed E-state index contributed by atoms with van der Waals surface area (Å²) in [6.45, 7) is 3.32. The third kappa shape index (κ3) is 4.35. The van der Waals surface area contributed by atoms with Crippen LogP contribution in [0.15, 0.2) is 18.2 Å². The molecule has 1 aromatic carbocycles. The van der Waals surface area contributed by atoms with Gasteiger partial charge in [-0.3, -0.25) is 4.79 Å². The molecular formula is C13H17Cl2NO3. The summed E-state index contributed by atoms with van der Waals surface area (Å²) in [5, 5.41) is 22.5. The van der Waals surface area contributed by atoms with Gasteiger partial charge in [0.1, 0.15) is 0 Å². The summed E-state index contributed by atoms with van der Waals surface area (Å²) in [4.78, 5) is 11.9. The Morgan fingerprint density at radius 3 is 2.32 bits per heavy atom. The summed E-state index contributed by atoms with van der Waals surface area (Å²) in [5.41, 5.74) is -0.452. The molecule has 1 aromatic rings. The van der Waals surface area contributed by atoms with E-state index in [0.717, 1.165) is 0 Å². The highest BCUT2D eigenvalue weighted by atomic mass is 35.5. The highest BCUT2D eigenvalue weighted by Gasteiger charge is 2.27. The number of aliphatic hydroxyl groups excluding tert-OH is 2. The fourth-order valence-corrected chi connectivity index (χ4v) is 2.03. The van der Waals surface area contributed by atoms with Crippen LogP contribution in [0.1, 0.15) is 31.9 Å². The van der Waals surface area contributed by atoms with Crippen molar-refractivity contribution in [2.24, 2.45) is 0 Å². The van der Waals surface area contributed by atoms with Crippen LogP contribution in [0.5, 0.6) is 0 Å². The number of carbonyl (C=O) groups excluding carboxylic acids is 1. The van der Waals surface area contributed by atoms with Crippen LogP contribution in [0.25, 0.3) is 0 Å². The molecule has 106 valence electrons. The van der Waals surface area contributed by atoms with Crippen molar-refractivity contribution < 1.29 is 15.0 Å². The van der Waals surface area contributed by atoms with Crippen molar-refractivity contribution in [3.63, 3.8) is 0 Å². The SMILES string of the molecule is CC[C@@](C)(CO)NC(=O)[C@@H](O)c1cc(Cl)cc(Cl)c1. The third-order valence-corrected chi connectivity index (χ3v) is 3.44. The molecule has 3 N–H and O–H groups in total. The summed E-state index contributed by atoms with van der Waals surface area (Å²) in [6, 6.07) is 4.46. The van der Waals surface area contributed by atoms with E-state index in [9.17, 15) is 15.0 Å². The van der Waals surface area contributed by atoms with Crippen molar-refractivity contribution in [1.82, 2.24) is 5.32 Å². The third-order valence-electron chi connectivity index (χ3n) is 3.00. The number of halogens is 2. The van der Waals surface area contributed by atoms with E-state index < -0.39 is 17.6 Å². The second-order valence-electron chi connectivity index (χ2n) is 4.67. The lowest BCUT2D eigenvalue weighted by Gasteiger charge is -2.28. The molecule has 0 unspecified atom stereocenters. The van der Waals surface area contributed by atoms with Crippen molar-refractivity contribution in [1.29, 1.82) is 0 Å². The Hall–Kier alpha value is -0.810. The van der Waals surface area contributed by atoms with Gasteiger partial charge in [0.2, 0.25) is 0 Å². The molecule has 0 aromatic heterocycles. The first kappa shape index (κ1) is 16.2. The van der Waals surface area contributed by atoms with Crippen molar-refractivity contribution in [2.45, 2.75) is 31.9 Å². The van der Waals surface area contributed by atoms with Crippen LogP contribution in [0.2, 0.25) is 10.0 Å². The van der Waals surface area contributed by atoms with E-state index in [4.69, 9.17) is 23.2 Å². The van der Waals surface area contributed by atoms with E-state index >= 15 is 0 Å². The number of rotatable bonds is 5. The molecule has 0 radical (unpaired) electrons. The number of aliphatic hydroxyl groups is 2. The lowest BCUT2D eigenvalue weighted by molar-refractivity contribution is -0.132. The summed E-state index contributed by atoms with van der Waals surface area (Å²) >= 11 is 11.6. The van der Waals surface area contributed by atoms with E-state index in [0.29, 0.717) is 22.0 Å². The Morgan fingerprint density at radius 2 is 1.89 bits per heavy atom. The van der Waals surface area contributed by atoms with E-state index in [2.05, 4.69) is 5.32 Å². The Morgan fingerprint density at radius 1 is 1.37 bits per heavy atom. The Balaban J connectivity index is 2.87. The van der Waals surface area contributed by atoms with Crippen molar-refractivity contribution in [3.8, 4) is 0 Å². The highest BCUT2D eigenvalue weighted by molar-refractivity contribution is 6.34. The number of hydrogen-bond acceptors (Lipinski definition) is 3. The van der Waals surface area contributed by atoms with Gasteiger partial charge in [-0.25, -0.2) is 0 Å². The molecule has 2 atom stereocenters. The average molecular weight is 306 g/mol. The monoisotopic (exact) mass is 305 g/mol. The molecule has 4 nitrogen and oxygen atoms in total. The maximum Gasteiger partial charge on any atom is 0.253 e. The zero-order valence-corrected chi connectivity index (χ0v) is 12.3. The summed E-state index contributed by atoms with van der Waals surface area (Å²) in [7, 11) is 0. The molecule has 19 heavy (non-hydrogen) atoms. The molecule has 0 spiro atoms. The molecule has 0 bridgehead atoms. The Labute approximate surface area is 122 Å². The number of amides is 1. The molecule has 0 heterocycles. The van der Waals surface area contributed by atoms with Crippen molar-refractivity contribution in [2.75, 3.05) is 6.61 Å². The lowest BCUT2D eigenvalue weighted by Crippen LogP contribution is -2.50. The van der Waals surface area contributed by atoms with Gasteiger partial charge in [-0.05, 0) is 37.1 Å². The Kier molecular flexibility index (Phi) is 5.62. The first-order valence-corrected chi connectivity index (χ1v) is 6.64. The standard InChI is InChI=1S/C13H17Cl2NO3/c1-3-13(2,7-17)16-12(19)11(18)8-4-9(14)6-10(15)5-8/h4-6,11,17-18H,3,7H2,1-2H3,(H,16,19)/t11-,13-/m0/s1. The number of benzene rings is 1. The molecule has 0 saturated carbocycles. The molecular weight excluding hydrogens is 289 g/mol. The largest absolute Gasteiger partial charge is 0.394 e. The van der Waals surface area contributed by atoms with Gasteiger partial charge in [-0.2, -0.15) is 0 Å². The van der Waals surface area contributed by atoms with E-state index in [1.54, 1.807) is 6.92 Å². The first-order chi connectivity index (χ1) is 8.81. The van der Waals surface area contributed by atoms with Gasteiger partial charge in [0, 0.05) is 10.0 Å². The van der Waals surface area contributed by atoms with Crippen LogP contribution >= 0.6 is 23.2 Å². The molecule has 6 heteroatoms. The second kappa shape index (κ2) is 6.57. The lowest BCUT2D eigenvalue weighted by atomic mass is 9.99. The zero-order valence-electron chi connectivity index (χ0n) is 10.8. The maximum absolute atomic E-state index is 11.9. The number of hydrogen-bond donors (Lipinski definition) is 3. The predicted octanol–water partition coefficient (Wildman–Crippen LogP) is 2.30. The van der Waals surface area contributed by atoms with E-state index in [1.807, 2.05) is 6.92 Å². The average Bonchev–Trinajstić information content (AvgIpc) is 2.36. The minimum absolute atomic E-state index is 0.210. The van der Waals surface area contributed by atoms with Crippen LogP contribution in [0.3, 0.4) is 0 Å². The fraction of sp³-hybridized carbons (Fsp3) is 0.462. The van der Waals surface area contributed by atoms with Gasteiger partial charge in [-0.15, -0.1) is 0 Å². The quantitative estimate of drug-likeness (QED) is 0.782. The van der Waals surface area contributed by atoms with Crippen LogP contribution in [-0.2, 0) is 4.79 Å². The summed E-state index contributed by atoms with van der Waals surface area (Å²) in [5.74, 6) is -0.600. The first-order valence-electron chi connectivity index (χ1n) is 5.88. The fourth-order valence-electron chi connectivity index (χ4n) is 1.49. The minimum atomic E-state index is -1.38. The van der Waals surface area contributed by atoms with Gasteiger partial charge in [0.15, 0.2) is 6.10 Å². The second-order valence-corrected chi connectivity index (χ2v) is 5.54. The Bertz CT molecular complexity index is 441. The molecule has 1 amide bonds. The van der Waals surface area contributed by atoms with Gasteiger partial charge < -0.3 is 15.5 Å². The van der Waals surface area contributed by atoms with E-state index in [-0.39, 0.29) is 6.61 Å². The van der Waals surface area contributed by atoms with E-state index in [1.165, 1.54) is 18.2 Å². The predicted molar refractivity (Wildman–Crippen MR) is 75.3 cm³/mol. The highest BCUT2D eigenvalue weighted by Crippen LogP contribution is 2.24. The van der Waals surface area contributed by atoms with Crippen LogP contribution in [0, 0.1) is 0 Å². The molecule has 0 aliphatic carbocycles. The molecule has 0 fully saturated rings. The van der Waals surface area contributed by atoms with Gasteiger partial charge >= 0.3 is 0 Å². The molecule has 0 aliphatic rings. The number of carbonyl (C=O) groups is 1. The maximum atomic E-state index is 11.9.